The molecule has 2 aromatic carbocycles. The molecule has 3 atom stereocenters. The Bertz CT molecular complexity index is 1030. The van der Waals surface area contributed by atoms with E-state index in [4.69, 9.17) is 0 Å². The van der Waals surface area contributed by atoms with Gasteiger partial charge in [0.05, 0.1) is 5.92 Å². The molecule has 0 fully saturated rings. The van der Waals surface area contributed by atoms with Crippen molar-refractivity contribution in [3.63, 3.8) is 0 Å². The SMILES string of the molecule is CCC(C(=O)NC(C(=O)Nc1nnc(-c2ccc(C)cc2)s1)C(C)CC)c1ccccc1. The van der Waals surface area contributed by atoms with Gasteiger partial charge in [0.1, 0.15) is 11.0 Å². The van der Waals surface area contributed by atoms with Crippen molar-refractivity contribution in [2.45, 2.75) is 52.5 Å². The van der Waals surface area contributed by atoms with Gasteiger partial charge < -0.3 is 5.32 Å². The minimum absolute atomic E-state index is 0.0308. The van der Waals surface area contributed by atoms with Gasteiger partial charge in [-0.1, -0.05) is 98.7 Å². The summed E-state index contributed by atoms with van der Waals surface area (Å²) in [7, 11) is 0. The Morgan fingerprint density at radius 1 is 0.938 bits per heavy atom. The summed E-state index contributed by atoms with van der Waals surface area (Å²) >= 11 is 1.32. The molecule has 1 heterocycles. The number of carbonyl (C=O) groups excluding carboxylic acids is 2. The standard InChI is InChI=1S/C25H30N4O2S/c1-5-17(4)21(26-22(30)20(6-2)18-10-8-7-9-11-18)23(31)27-25-29-28-24(32-25)19-14-12-16(3)13-15-19/h7-15,17,20-21H,5-6H2,1-4H3,(H,26,30)(H,27,29,31). The minimum Gasteiger partial charge on any atom is -0.344 e. The van der Waals surface area contributed by atoms with Crippen LogP contribution in [0.5, 0.6) is 0 Å². The molecule has 3 unspecified atom stereocenters. The van der Waals surface area contributed by atoms with Gasteiger partial charge in [0.25, 0.3) is 0 Å². The molecule has 168 valence electrons. The van der Waals surface area contributed by atoms with Crippen LogP contribution >= 0.6 is 11.3 Å². The van der Waals surface area contributed by atoms with Crippen LogP contribution in [0.1, 0.15) is 50.7 Å². The average molecular weight is 451 g/mol. The molecule has 2 amide bonds. The van der Waals surface area contributed by atoms with Crippen molar-refractivity contribution in [1.29, 1.82) is 0 Å². The molecule has 0 aliphatic heterocycles. The molecule has 0 saturated carbocycles. The molecule has 3 aromatic rings. The van der Waals surface area contributed by atoms with Crippen LogP contribution in [0.25, 0.3) is 10.6 Å². The lowest BCUT2D eigenvalue weighted by Gasteiger charge is -2.25. The van der Waals surface area contributed by atoms with E-state index in [0.29, 0.717) is 11.6 Å². The first-order chi connectivity index (χ1) is 15.4. The number of hydrogen-bond donors (Lipinski definition) is 2. The zero-order valence-corrected chi connectivity index (χ0v) is 19.8. The second-order valence-corrected chi connectivity index (χ2v) is 8.99. The highest BCUT2D eigenvalue weighted by atomic mass is 32.1. The van der Waals surface area contributed by atoms with Crippen LogP contribution in [0, 0.1) is 12.8 Å². The van der Waals surface area contributed by atoms with E-state index in [1.165, 1.54) is 16.9 Å². The molecular weight excluding hydrogens is 420 g/mol. The maximum atomic E-state index is 13.1. The van der Waals surface area contributed by atoms with Crippen molar-refractivity contribution >= 4 is 28.3 Å². The van der Waals surface area contributed by atoms with Gasteiger partial charge in [-0.05, 0) is 24.8 Å². The lowest BCUT2D eigenvalue weighted by atomic mass is 9.93. The van der Waals surface area contributed by atoms with Gasteiger partial charge in [-0.2, -0.15) is 0 Å². The summed E-state index contributed by atoms with van der Waals surface area (Å²) in [6.07, 6.45) is 1.41. The summed E-state index contributed by atoms with van der Waals surface area (Å²) in [5, 5.41) is 15.3. The van der Waals surface area contributed by atoms with Crippen molar-refractivity contribution in [3.05, 3.63) is 65.7 Å². The third kappa shape index (κ3) is 5.79. The van der Waals surface area contributed by atoms with Crippen LogP contribution in [0.15, 0.2) is 54.6 Å². The third-order valence-corrected chi connectivity index (χ3v) is 6.56. The van der Waals surface area contributed by atoms with Gasteiger partial charge in [-0.15, -0.1) is 10.2 Å². The summed E-state index contributed by atoms with van der Waals surface area (Å²) in [5.41, 5.74) is 3.07. The predicted octanol–water partition coefficient (Wildman–Crippen LogP) is 5.18. The Morgan fingerprint density at radius 2 is 1.62 bits per heavy atom. The molecule has 6 nitrogen and oxygen atoms in total. The molecule has 0 aliphatic carbocycles. The summed E-state index contributed by atoms with van der Waals surface area (Å²) in [6, 6.07) is 17.0. The first kappa shape index (κ1) is 23.6. The number of nitrogens with one attached hydrogen (secondary N) is 2. The van der Waals surface area contributed by atoms with Crippen molar-refractivity contribution < 1.29 is 9.59 Å². The topological polar surface area (TPSA) is 84.0 Å². The highest BCUT2D eigenvalue weighted by Crippen LogP contribution is 2.27. The first-order valence-corrected chi connectivity index (χ1v) is 11.8. The molecule has 0 spiro atoms. The largest absolute Gasteiger partial charge is 0.344 e. The van der Waals surface area contributed by atoms with E-state index in [2.05, 4.69) is 20.8 Å². The zero-order chi connectivity index (χ0) is 23.1. The van der Waals surface area contributed by atoms with Gasteiger partial charge in [-0.25, -0.2) is 0 Å². The number of hydrogen-bond acceptors (Lipinski definition) is 5. The van der Waals surface area contributed by atoms with E-state index < -0.39 is 6.04 Å². The molecule has 0 radical (unpaired) electrons. The molecule has 1 aromatic heterocycles. The third-order valence-electron chi connectivity index (χ3n) is 5.67. The van der Waals surface area contributed by atoms with E-state index in [1.54, 1.807) is 0 Å². The van der Waals surface area contributed by atoms with Gasteiger partial charge >= 0.3 is 0 Å². The van der Waals surface area contributed by atoms with Crippen LogP contribution in [-0.4, -0.2) is 28.1 Å². The Labute approximate surface area is 193 Å². The summed E-state index contributed by atoms with van der Waals surface area (Å²) in [5.74, 6) is -0.749. The van der Waals surface area contributed by atoms with Crippen molar-refractivity contribution in [2.75, 3.05) is 5.32 Å². The second-order valence-electron chi connectivity index (χ2n) is 8.01. The lowest BCUT2D eigenvalue weighted by Crippen LogP contribution is -2.49. The molecule has 32 heavy (non-hydrogen) atoms. The molecular formula is C25H30N4O2S. The smallest absolute Gasteiger partial charge is 0.249 e. The fourth-order valence-electron chi connectivity index (χ4n) is 3.48. The number of benzene rings is 2. The average Bonchev–Trinajstić information content (AvgIpc) is 3.27. The molecule has 0 bridgehead atoms. The van der Waals surface area contributed by atoms with Crippen LogP contribution in [0.2, 0.25) is 0 Å². The molecule has 7 heteroatoms. The normalized spacial score (nSPS) is 13.8. The number of aromatic nitrogens is 2. The lowest BCUT2D eigenvalue weighted by molar-refractivity contribution is -0.128. The Kier molecular flexibility index (Phi) is 8.11. The maximum absolute atomic E-state index is 13.1. The van der Waals surface area contributed by atoms with Gasteiger partial charge in [-0.3, -0.25) is 14.9 Å². The number of carbonyl (C=O) groups is 2. The molecule has 3 rings (SSSR count). The minimum atomic E-state index is -0.656. The van der Waals surface area contributed by atoms with Crippen LogP contribution < -0.4 is 10.6 Å². The Morgan fingerprint density at radius 3 is 2.25 bits per heavy atom. The number of anilines is 1. The monoisotopic (exact) mass is 450 g/mol. The van der Waals surface area contributed by atoms with E-state index >= 15 is 0 Å². The predicted molar refractivity (Wildman–Crippen MR) is 130 cm³/mol. The van der Waals surface area contributed by atoms with Crippen molar-refractivity contribution in [3.8, 4) is 10.6 Å². The highest BCUT2D eigenvalue weighted by Gasteiger charge is 2.29. The molecule has 2 N–H and O–H groups in total. The van der Waals surface area contributed by atoms with E-state index in [9.17, 15) is 9.59 Å². The zero-order valence-electron chi connectivity index (χ0n) is 19.0. The molecule has 0 saturated heterocycles. The number of aryl methyl sites for hydroxylation is 1. The van der Waals surface area contributed by atoms with Crippen LogP contribution in [0.4, 0.5) is 5.13 Å². The second kappa shape index (κ2) is 11.0. The number of amides is 2. The van der Waals surface area contributed by atoms with E-state index in [-0.39, 0.29) is 23.7 Å². The highest BCUT2D eigenvalue weighted by molar-refractivity contribution is 7.18. The maximum Gasteiger partial charge on any atom is 0.249 e. The fraction of sp³-hybridized carbons (Fsp3) is 0.360. The number of nitrogens with zero attached hydrogens (tertiary/aromatic N) is 2. The number of rotatable bonds is 9. The van der Waals surface area contributed by atoms with Gasteiger partial charge in [0, 0.05) is 5.56 Å². The van der Waals surface area contributed by atoms with Gasteiger partial charge in [0.15, 0.2) is 0 Å². The Balaban J connectivity index is 1.72. The van der Waals surface area contributed by atoms with Crippen LogP contribution in [0.3, 0.4) is 0 Å². The molecule has 0 aliphatic rings. The first-order valence-electron chi connectivity index (χ1n) is 11.0. The summed E-state index contributed by atoms with van der Waals surface area (Å²) in [4.78, 5) is 26.2. The summed E-state index contributed by atoms with van der Waals surface area (Å²) in [6.45, 7) is 7.97. The Hall–Kier alpha value is -3.06. The fourth-order valence-corrected chi connectivity index (χ4v) is 4.24. The quantitative estimate of drug-likeness (QED) is 0.471. The van der Waals surface area contributed by atoms with E-state index in [0.717, 1.165) is 22.6 Å². The van der Waals surface area contributed by atoms with Crippen molar-refractivity contribution in [2.24, 2.45) is 5.92 Å². The van der Waals surface area contributed by atoms with Crippen LogP contribution in [-0.2, 0) is 9.59 Å². The van der Waals surface area contributed by atoms with E-state index in [1.807, 2.05) is 82.3 Å². The summed E-state index contributed by atoms with van der Waals surface area (Å²) < 4.78 is 0. The van der Waals surface area contributed by atoms with Gasteiger partial charge in [0.2, 0.25) is 16.9 Å². The van der Waals surface area contributed by atoms with Crippen molar-refractivity contribution in [1.82, 2.24) is 15.5 Å².